The highest BCUT2D eigenvalue weighted by Crippen LogP contribution is 2.15. The highest BCUT2D eigenvalue weighted by Gasteiger charge is 2.21. The third-order valence-electron chi connectivity index (χ3n) is 4.15. The number of carbonyl (C=O) groups excluding carboxylic acids is 2. The SMILES string of the molecule is Cc1cn2c(n1)CC[C@@H](NC(=O)COc1ccc(CC(N)=O)cc1)C2. The van der Waals surface area contributed by atoms with E-state index in [1.165, 1.54) is 0 Å². The van der Waals surface area contributed by atoms with Crippen LogP contribution in [0, 0.1) is 6.92 Å². The number of nitrogens with one attached hydrogen (secondary N) is 1. The fraction of sp³-hybridized carbons (Fsp3) is 0.389. The van der Waals surface area contributed by atoms with E-state index in [2.05, 4.69) is 14.9 Å². The first kappa shape index (κ1) is 17.0. The molecule has 0 radical (unpaired) electrons. The lowest BCUT2D eigenvalue weighted by atomic mass is 10.1. The molecule has 0 bridgehead atoms. The van der Waals surface area contributed by atoms with Gasteiger partial charge in [-0.1, -0.05) is 12.1 Å². The van der Waals surface area contributed by atoms with Gasteiger partial charge in [-0.15, -0.1) is 0 Å². The molecule has 1 atom stereocenters. The number of fused-ring (bicyclic) bond motifs is 1. The number of amides is 2. The molecule has 1 aliphatic rings. The molecule has 0 unspecified atom stereocenters. The van der Waals surface area contributed by atoms with E-state index in [0.29, 0.717) is 5.75 Å². The third kappa shape index (κ3) is 4.59. The number of hydrogen-bond donors (Lipinski definition) is 2. The van der Waals surface area contributed by atoms with Gasteiger partial charge in [-0.3, -0.25) is 9.59 Å². The summed E-state index contributed by atoms with van der Waals surface area (Å²) in [6.07, 6.45) is 3.95. The Labute approximate surface area is 146 Å². The molecule has 7 nitrogen and oxygen atoms in total. The molecule has 132 valence electrons. The van der Waals surface area contributed by atoms with Crippen LogP contribution in [0.4, 0.5) is 0 Å². The number of rotatable bonds is 6. The van der Waals surface area contributed by atoms with E-state index in [9.17, 15) is 9.59 Å². The van der Waals surface area contributed by atoms with E-state index in [1.807, 2.05) is 13.1 Å². The van der Waals surface area contributed by atoms with Crippen molar-refractivity contribution in [2.75, 3.05) is 6.61 Å². The maximum Gasteiger partial charge on any atom is 0.258 e. The minimum Gasteiger partial charge on any atom is -0.484 e. The highest BCUT2D eigenvalue weighted by atomic mass is 16.5. The average molecular weight is 342 g/mol. The fourth-order valence-electron chi connectivity index (χ4n) is 3.03. The Morgan fingerprint density at radius 2 is 2.12 bits per heavy atom. The molecule has 2 amide bonds. The zero-order valence-electron chi connectivity index (χ0n) is 14.2. The Balaban J connectivity index is 1.46. The minimum absolute atomic E-state index is 0.0402. The zero-order valence-corrected chi connectivity index (χ0v) is 14.2. The van der Waals surface area contributed by atoms with Crippen molar-refractivity contribution in [1.82, 2.24) is 14.9 Å². The summed E-state index contributed by atoms with van der Waals surface area (Å²) in [6.45, 7) is 2.67. The average Bonchev–Trinajstić information content (AvgIpc) is 2.93. The molecule has 3 N–H and O–H groups in total. The van der Waals surface area contributed by atoms with Crippen LogP contribution in [0.3, 0.4) is 0 Å². The van der Waals surface area contributed by atoms with Gasteiger partial charge < -0.3 is 20.4 Å². The number of nitrogens with zero attached hydrogens (tertiary/aromatic N) is 2. The molecule has 0 aliphatic carbocycles. The van der Waals surface area contributed by atoms with E-state index in [0.717, 1.165) is 36.5 Å². The molecule has 0 spiro atoms. The molecule has 1 aromatic carbocycles. The summed E-state index contributed by atoms with van der Waals surface area (Å²) in [5, 5.41) is 3.00. The van der Waals surface area contributed by atoms with Crippen LogP contribution in [0.5, 0.6) is 5.75 Å². The van der Waals surface area contributed by atoms with Gasteiger partial charge in [-0.05, 0) is 31.0 Å². The topological polar surface area (TPSA) is 99.2 Å². The number of hydrogen-bond acceptors (Lipinski definition) is 4. The van der Waals surface area contributed by atoms with Gasteiger partial charge in [0.1, 0.15) is 11.6 Å². The Hall–Kier alpha value is -2.83. The number of primary amides is 1. The standard InChI is InChI=1S/C18H22N4O3/c1-12-9-22-10-14(4-7-17(22)20-12)21-18(24)11-25-15-5-2-13(3-6-15)8-16(19)23/h2-3,5-6,9,14H,4,7-8,10-11H2,1H3,(H2,19,23)(H,21,24)/t14-/m1/s1. The van der Waals surface area contributed by atoms with E-state index in [4.69, 9.17) is 10.5 Å². The molecule has 1 aromatic heterocycles. The Morgan fingerprint density at radius 3 is 2.84 bits per heavy atom. The largest absolute Gasteiger partial charge is 0.484 e. The van der Waals surface area contributed by atoms with Crippen molar-refractivity contribution in [1.29, 1.82) is 0 Å². The van der Waals surface area contributed by atoms with Gasteiger partial charge in [0.15, 0.2) is 6.61 Å². The third-order valence-corrected chi connectivity index (χ3v) is 4.15. The van der Waals surface area contributed by atoms with Crippen LogP contribution in [0.15, 0.2) is 30.5 Å². The first-order valence-electron chi connectivity index (χ1n) is 8.31. The molecule has 3 rings (SSSR count). The minimum atomic E-state index is -0.378. The molecule has 7 heteroatoms. The first-order chi connectivity index (χ1) is 12.0. The number of nitrogens with two attached hydrogens (primary N) is 1. The van der Waals surface area contributed by atoms with E-state index < -0.39 is 0 Å². The van der Waals surface area contributed by atoms with Gasteiger partial charge in [0.2, 0.25) is 5.91 Å². The Kier molecular flexibility index (Phi) is 5.02. The lowest BCUT2D eigenvalue weighted by molar-refractivity contribution is -0.124. The zero-order chi connectivity index (χ0) is 17.8. The maximum atomic E-state index is 12.1. The summed E-state index contributed by atoms with van der Waals surface area (Å²) in [6, 6.07) is 7.08. The summed E-state index contributed by atoms with van der Waals surface area (Å²) in [5.74, 6) is 1.14. The van der Waals surface area contributed by atoms with Crippen LogP contribution < -0.4 is 15.8 Å². The first-order valence-corrected chi connectivity index (χ1v) is 8.31. The molecule has 0 fully saturated rings. The number of carbonyl (C=O) groups is 2. The normalized spacial score (nSPS) is 16.1. The summed E-state index contributed by atoms with van der Waals surface area (Å²) < 4.78 is 7.59. The van der Waals surface area contributed by atoms with Gasteiger partial charge >= 0.3 is 0 Å². The Bertz CT molecular complexity index is 767. The van der Waals surface area contributed by atoms with Crippen molar-refractivity contribution in [3.05, 3.63) is 47.5 Å². The van der Waals surface area contributed by atoms with Crippen molar-refractivity contribution in [2.45, 2.75) is 38.8 Å². The van der Waals surface area contributed by atoms with Crippen molar-refractivity contribution >= 4 is 11.8 Å². The summed E-state index contributed by atoms with van der Waals surface area (Å²) in [7, 11) is 0. The lowest BCUT2D eigenvalue weighted by Gasteiger charge is -2.24. The highest BCUT2D eigenvalue weighted by molar-refractivity contribution is 5.78. The molecule has 2 heterocycles. The van der Waals surface area contributed by atoms with Gasteiger partial charge in [0, 0.05) is 25.2 Å². The van der Waals surface area contributed by atoms with E-state index in [-0.39, 0.29) is 30.9 Å². The van der Waals surface area contributed by atoms with Crippen LogP contribution in [-0.2, 0) is 29.0 Å². The van der Waals surface area contributed by atoms with Gasteiger partial charge in [0.25, 0.3) is 5.91 Å². The quantitative estimate of drug-likeness (QED) is 0.808. The fourth-order valence-corrected chi connectivity index (χ4v) is 3.03. The van der Waals surface area contributed by atoms with E-state index in [1.54, 1.807) is 24.3 Å². The van der Waals surface area contributed by atoms with Crippen molar-refractivity contribution < 1.29 is 14.3 Å². The van der Waals surface area contributed by atoms with Crippen molar-refractivity contribution in [3.63, 3.8) is 0 Å². The number of benzene rings is 1. The van der Waals surface area contributed by atoms with Gasteiger partial charge in [0.05, 0.1) is 12.1 Å². The second-order valence-corrected chi connectivity index (χ2v) is 6.33. The molecule has 2 aromatic rings. The maximum absolute atomic E-state index is 12.1. The molecule has 25 heavy (non-hydrogen) atoms. The summed E-state index contributed by atoms with van der Waals surface area (Å²) in [5.41, 5.74) is 6.97. The number of aryl methyl sites for hydroxylation is 2. The van der Waals surface area contributed by atoms with Crippen LogP contribution >= 0.6 is 0 Å². The van der Waals surface area contributed by atoms with Crippen LogP contribution in [-0.4, -0.2) is 34.0 Å². The van der Waals surface area contributed by atoms with Crippen LogP contribution in [0.25, 0.3) is 0 Å². The second kappa shape index (κ2) is 7.38. The lowest BCUT2D eigenvalue weighted by Crippen LogP contribution is -2.42. The van der Waals surface area contributed by atoms with Gasteiger partial charge in [-0.25, -0.2) is 4.98 Å². The number of aromatic nitrogens is 2. The molecule has 0 saturated heterocycles. The van der Waals surface area contributed by atoms with E-state index >= 15 is 0 Å². The molecular formula is C18H22N4O3. The molecule has 0 saturated carbocycles. The van der Waals surface area contributed by atoms with Gasteiger partial charge in [-0.2, -0.15) is 0 Å². The summed E-state index contributed by atoms with van der Waals surface area (Å²) in [4.78, 5) is 27.4. The smallest absolute Gasteiger partial charge is 0.258 e. The monoisotopic (exact) mass is 342 g/mol. The summed E-state index contributed by atoms with van der Waals surface area (Å²) >= 11 is 0. The molecule has 1 aliphatic heterocycles. The molecular weight excluding hydrogens is 320 g/mol. The Morgan fingerprint density at radius 1 is 1.36 bits per heavy atom. The predicted molar refractivity (Wildman–Crippen MR) is 92.1 cm³/mol. The second-order valence-electron chi connectivity index (χ2n) is 6.33. The predicted octanol–water partition coefficient (Wildman–Crippen LogP) is 0.729. The number of imidazole rings is 1. The van der Waals surface area contributed by atoms with Crippen molar-refractivity contribution in [2.24, 2.45) is 5.73 Å². The van der Waals surface area contributed by atoms with Crippen LogP contribution in [0.2, 0.25) is 0 Å². The van der Waals surface area contributed by atoms with Crippen molar-refractivity contribution in [3.8, 4) is 5.75 Å². The van der Waals surface area contributed by atoms with Crippen LogP contribution in [0.1, 0.15) is 23.5 Å². The number of ether oxygens (including phenoxy) is 1.